The molecule has 0 aliphatic carbocycles. The van der Waals surface area contributed by atoms with E-state index in [2.05, 4.69) is 4.98 Å². The largest absolute Gasteiger partial charge is 0.497 e. The van der Waals surface area contributed by atoms with Gasteiger partial charge in [-0.05, 0) is 19.1 Å². The van der Waals surface area contributed by atoms with Crippen molar-refractivity contribution in [3.8, 4) is 11.5 Å². The van der Waals surface area contributed by atoms with E-state index in [1.54, 1.807) is 45.5 Å². The third-order valence-electron chi connectivity index (χ3n) is 2.78. The molecule has 1 heterocycles. The summed E-state index contributed by atoms with van der Waals surface area (Å²) in [4.78, 5) is 4.16. The first kappa shape index (κ1) is 12.9. The topological polar surface area (TPSA) is 51.6 Å². The number of aliphatic hydroxyl groups is 1. The van der Waals surface area contributed by atoms with Gasteiger partial charge in [0.05, 0.1) is 14.2 Å². The maximum Gasteiger partial charge on any atom is 0.142 e. The molecule has 1 atom stereocenters. The predicted molar refractivity (Wildman–Crippen MR) is 70.3 cm³/mol. The summed E-state index contributed by atoms with van der Waals surface area (Å²) in [6.45, 7) is 1.70. The van der Waals surface area contributed by atoms with Crippen LogP contribution in [0.2, 0.25) is 0 Å². The zero-order valence-corrected chi connectivity index (χ0v) is 11.3. The number of ether oxygens (including phenoxy) is 2. The lowest BCUT2D eigenvalue weighted by Gasteiger charge is -2.23. The van der Waals surface area contributed by atoms with Crippen molar-refractivity contribution in [2.24, 2.45) is 0 Å². The zero-order valence-electron chi connectivity index (χ0n) is 10.5. The predicted octanol–water partition coefficient (Wildman–Crippen LogP) is 2.42. The normalized spacial score (nSPS) is 14.0. The average molecular weight is 265 g/mol. The minimum Gasteiger partial charge on any atom is -0.497 e. The molecule has 4 nitrogen and oxygen atoms in total. The zero-order chi connectivity index (χ0) is 13.2. The van der Waals surface area contributed by atoms with E-state index >= 15 is 0 Å². The molecular formula is C13H15NO3S. The van der Waals surface area contributed by atoms with E-state index in [9.17, 15) is 5.11 Å². The lowest BCUT2D eigenvalue weighted by Crippen LogP contribution is -2.23. The number of thiazole rings is 1. The molecule has 1 unspecified atom stereocenters. The van der Waals surface area contributed by atoms with Gasteiger partial charge in [0.1, 0.15) is 22.1 Å². The summed E-state index contributed by atoms with van der Waals surface area (Å²) in [6.07, 6.45) is 1.67. The molecule has 0 radical (unpaired) electrons. The molecule has 2 aromatic rings. The van der Waals surface area contributed by atoms with Crippen molar-refractivity contribution >= 4 is 11.3 Å². The van der Waals surface area contributed by atoms with Crippen molar-refractivity contribution in [3.05, 3.63) is 40.3 Å². The van der Waals surface area contributed by atoms with Crippen LogP contribution in [-0.4, -0.2) is 24.3 Å². The molecule has 0 saturated carbocycles. The maximum absolute atomic E-state index is 10.6. The van der Waals surface area contributed by atoms with E-state index in [-0.39, 0.29) is 0 Å². The van der Waals surface area contributed by atoms with Crippen molar-refractivity contribution in [3.63, 3.8) is 0 Å². The van der Waals surface area contributed by atoms with Crippen LogP contribution in [0.15, 0.2) is 29.8 Å². The molecule has 0 amide bonds. The molecule has 0 spiro atoms. The summed E-state index contributed by atoms with van der Waals surface area (Å²) in [5, 5.41) is 13.1. The number of benzene rings is 1. The summed E-state index contributed by atoms with van der Waals surface area (Å²) >= 11 is 1.41. The maximum atomic E-state index is 10.6. The molecule has 0 saturated heterocycles. The molecule has 1 N–H and O–H groups in total. The number of aromatic nitrogens is 1. The Kier molecular flexibility index (Phi) is 3.54. The van der Waals surface area contributed by atoms with Crippen molar-refractivity contribution in [2.75, 3.05) is 14.2 Å². The van der Waals surface area contributed by atoms with Gasteiger partial charge in [-0.15, -0.1) is 11.3 Å². The first-order valence-electron chi connectivity index (χ1n) is 5.44. The number of nitrogens with zero attached hydrogens (tertiary/aromatic N) is 1. The highest BCUT2D eigenvalue weighted by Crippen LogP contribution is 2.37. The molecule has 1 aromatic carbocycles. The average Bonchev–Trinajstić information content (AvgIpc) is 2.92. The third-order valence-corrected chi connectivity index (χ3v) is 3.77. The smallest absolute Gasteiger partial charge is 0.142 e. The summed E-state index contributed by atoms with van der Waals surface area (Å²) in [7, 11) is 3.16. The Morgan fingerprint density at radius 3 is 2.61 bits per heavy atom. The Balaban J connectivity index is 2.50. The molecule has 1 aromatic heterocycles. The molecule has 5 heteroatoms. The van der Waals surface area contributed by atoms with Crippen LogP contribution in [-0.2, 0) is 5.60 Å². The standard InChI is InChI=1S/C13H15NO3S/c1-13(15,12-14-6-7-18-12)10-5-4-9(16-2)8-11(10)17-3/h4-8,15H,1-3H3. The highest BCUT2D eigenvalue weighted by Gasteiger charge is 2.31. The minimum atomic E-state index is -1.17. The molecule has 0 bridgehead atoms. The number of methoxy groups -OCH3 is 2. The van der Waals surface area contributed by atoms with Gasteiger partial charge in [-0.1, -0.05) is 0 Å². The highest BCUT2D eigenvalue weighted by molar-refractivity contribution is 7.09. The number of hydrogen-bond donors (Lipinski definition) is 1. The van der Waals surface area contributed by atoms with E-state index in [4.69, 9.17) is 9.47 Å². The summed E-state index contributed by atoms with van der Waals surface area (Å²) in [6, 6.07) is 5.33. The van der Waals surface area contributed by atoms with Crippen LogP contribution in [0.5, 0.6) is 11.5 Å². The molecule has 2 rings (SSSR count). The number of hydrogen-bond acceptors (Lipinski definition) is 5. The van der Waals surface area contributed by atoms with Crippen molar-refractivity contribution in [1.82, 2.24) is 4.98 Å². The van der Waals surface area contributed by atoms with Gasteiger partial charge in [0, 0.05) is 23.2 Å². The van der Waals surface area contributed by atoms with Gasteiger partial charge in [0.15, 0.2) is 0 Å². The molecule has 0 aliphatic rings. The van der Waals surface area contributed by atoms with Crippen molar-refractivity contribution in [1.29, 1.82) is 0 Å². The summed E-state index contributed by atoms with van der Waals surface area (Å²) < 4.78 is 10.4. The lowest BCUT2D eigenvalue weighted by atomic mass is 9.95. The van der Waals surface area contributed by atoms with E-state index in [0.717, 1.165) is 0 Å². The Morgan fingerprint density at radius 1 is 1.28 bits per heavy atom. The van der Waals surface area contributed by atoms with Gasteiger partial charge >= 0.3 is 0 Å². The first-order valence-corrected chi connectivity index (χ1v) is 6.32. The van der Waals surface area contributed by atoms with Gasteiger partial charge in [-0.2, -0.15) is 0 Å². The Labute approximate surface area is 110 Å². The van der Waals surface area contributed by atoms with Crippen LogP contribution in [0, 0.1) is 0 Å². The second-order valence-electron chi connectivity index (χ2n) is 3.98. The second kappa shape index (κ2) is 4.96. The highest BCUT2D eigenvalue weighted by atomic mass is 32.1. The van der Waals surface area contributed by atoms with Crippen LogP contribution in [0.3, 0.4) is 0 Å². The van der Waals surface area contributed by atoms with Crippen LogP contribution >= 0.6 is 11.3 Å². The van der Waals surface area contributed by atoms with Crippen molar-refractivity contribution < 1.29 is 14.6 Å². The molecule has 18 heavy (non-hydrogen) atoms. The fraction of sp³-hybridized carbons (Fsp3) is 0.308. The Morgan fingerprint density at radius 2 is 2.06 bits per heavy atom. The fourth-order valence-corrected chi connectivity index (χ4v) is 2.49. The molecule has 0 aliphatic heterocycles. The number of rotatable bonds is 4. The van der Waals surface area contributed by atoms with E-state index in [0.29, 0.717) is 22.1 Å². The molecular weight excluding hydrogens is 250 g/mol. The van der Waals surface area contributed by atoms with Crippen LogP contribution in [0.4, 0.5) is 0 Å². The summed E-state index contributed by atoms with van der Waals surface area (Å²) in [5.74, 6) is 1.26. The van der Waals surface area contributed by atoms with E-state index in [1.807, 2.05) is 5.38 Å². The van der Waals surface area contributed by atoms with Gasteiger partial charge in [0.2, 0.25) is 0 Å². The second-order valence-corrected chi connectivity index (χ2v) is 4.87. The van der Waals surface area contributed by atoms with Gasteiger partial charge in [-0.3, -0.25) is 0 Å². The molecule has 96 valence electrons. The molecule has 0 fully saturated rings. The van der Waals surface area contributed by atoms with Gasteiger partial charge in [0.25, 0.3) is 0 Å². The Hall–Kier alpha value is -1.59. The Bertz CT molecular complexity index is 523. The van der Waals surface area contributed by atoms with Gasteiger partial charge < -0.3 is 14.6 Å². The van der Waals surface area contributed by atoms with Crippen LogP contribution < -0.4 is 9.47 Å². The lowest BCUT2D eigenvalue weighted by molar-refractivity contribution is 0.0985. The van der Waals surface area contributed by atoms with Crippen molar-refractivity contribution in [2.45, 2.75) is 12.5 Å². The quantitative estimate of drug-likeness (QED) is 0.922. The minimum absolute atomic E-state index is 0.578. The fourth-order valence-electron chi connectivity index (χ4n) is 1.78. The summed E-state index contributed by atoms with van der Waals surface area (Å²) in [5.41, 5.74) is -0.507. The van der Waals surface area contributed by atoms with E-state index in [1.165, 1.54) is 11.3 Å². The van der Waals surface area contributed by atoms with Crippen LogP contribution in [0.1, 0.15) is 17.5 Å². The third kappa shape index (κ3) is 2.19. The van der Waals surface area contributed by atoms with Crippen LogP contribution in [0.25, 0.3) is 0 Å². The SMILES string of the molecule is COc1ccc(C(C)(O)c2nccs2)c(OC)c1. The van der Waals surface area contributed by atoms with E-state index < -0.39 is 5.60 Å². The first-order chi connectivity index (χ1) is 8.59. The monoisotopic (exact) mass is 265 g/mol. The van der Waals surface area contributed by atoms with Gasteiger partial charge in [-0.25, -0.2) is 4.98 Å².